The highest BCUT2D eigenvalue weighted by atomic mass is 19.1. The number of rotatable bonds is 3. The highest BCUT2D eigenvalue weighted by Gasteiger charge is 2.30. The fourth-order valence-corrected chi connectivity index (χ4v) is 2.43. The highest BCUT2D eigenvalue weighted by molar-refractivity contribution is 5.93. The second-order valence-electron chi connectivity index (χ2n) is 5.74. The molecule has 1 saturated carbocycles. The van der Waals surface area contributed by atoms with Crippen LogP contribution < -0.4 is 5.32 Å². The van der Waals surface area contributed by atoms with Crippen LogP contribution in [0.2, 0.25) is 0 Å². The minimum Gasteiger partial charge on any atom is -0.309 e. The van der Waals surface area contributed by atoms with Crippen molar-refractivity contribution < 1.29 is 9.18 Å². The lowest BCUT2D eigenvalue weighted by Crippen LogP contribution is -2.13. The van der Waals surface area contributed by atoms with Gasteiger partial charge in [0, 0.05) is 23.2 Å². The number of amides is 1. The molecule has 0 aromatic carbocycles. The molecule has 6 nitrogen and oxygen atoms in total. The Balaban J connectivity index is 1.69. The summed E-state index contributed by atoms with van der Waals surface area (Å²) in [5, 5.41) is 7.04. The average molecular weight is 311 g/mol. The molecule has 3 aromatic heterocycles. The van der Waals surface area contributed by atoms with Crippen molar-refractivity contribution in [3.05, 3.63) is 42.2 Å². The van der Waals surface area contributed by atoms with Gasteiger partial charge in [0.15, 0.2) is 11.6 Å². The molecule has 23 heavy (non-hydrogen) atoms. The molecule has 0 aliphatic heterocycles. The standard InChI is InChI=1S/C16H14FN5O/c1-9-4-12(13(17)7-18-9)14-5-11-6-15(21-22(11)8-19-14)20-16(23)10-2-3-10/h4-8,10H,2-3H2,1H3,(H,20,21,23). The van der Waals surface area contributed by atoms with Crippen LogP contribution in [-0.2, 0) is 4.79 Å². The number of aryl methyl sites for hydroxylation is 1. The van der Waals surface area contributed by atoms with Gasteiger partial charge in [-0.2, -0.15) is 0 Å². The third kappa shape index (κ3) is 2.65. The van der Waals surface area contributed by atoms with Gasteiger partial charge in [0.25, 0.3) is 0 Å². The summed E-state index contributed by atoms with van der Waals surface area (Å²) in [7, 11) is 0. The lowest BCUT2D eigenvalue weighted by Gasteiger charge is -2.03. The van der Waals surface area contributed by atoms with Crippen molar-refractivity contribution >= 4 is 17.2 Å². The summed E-state index contributed by atoms with van der Waals surface area (Å²) in [6, 6.07) is 5.13. The van der Waals surface area contributed by atoms with E-state index in [-0.39, 0.29) is 11.8 Å². The Labute approximate surface area is 131 Å². The Kier molecular flexibility index (Phi) is 3.07. The molecule has 0 spiro atoms. The van der Waals surface area contributed by atoms with Crippen LogP contribution in [0.25, 0.3) is 16.8 Å². The summed E-state index contributed by atoms with van der Waals surface area (Å²) in [6.07, 6.45) is 4.57. The van der Waals surface area contributed by atoms with E-state index in [9.17, 15) is 9.18 Å². The Morgan fingerprint density at radius 1 is 1.30 bits per heavy atom. The number of fused-ring (bicyclic) bond motifs is 1. The van der Waals surface area contributed by atoms with Crippen LogP contribution in [0.5, 0.6) is 0 Å². The third-order valence-electron chi connectivity index (χ3n) is 3.82. The van der Waals surface area contributed by atoms with Gasteiger partial charge in [-0.3, -0.25) is 9.78 Å². The largest absolute Gasteiger partial charge is 0.309 e. The van der Waals surface area contributed by atoms with E-state index in [1.165, 1.54) is 12.5 Å². The van der Waals surface area contributed by atoms with Gasteiger partial charge in [-0.1, -0.05) is 0 Å². The number of nitrogens with zero attached hydrogens (tertiary/aromatic N) is 4. The van der Waals surface area contributed by atoms with Crippen molar-refractivity contribution in [3.63, 3.8) is 0 Å². The molecule has 0 unspecified atom stereocenters. The SMILES string of the molecule is Cc1cc(-c2cc3cc(NC(=O)C4CC4)nn3cn2)c(F)cn1. The molecule has 4 rings (SSSR count). The maximum Gasteiger partial charge on any atom is 0.228 e. The molecule has 1 fully saturated rings. The van der Waals surface area contributed by atoms with E-state index >= 15 is 0 Å². The van der Waals surface area contributed by atoms with Crippen LogP contribution in [-0.4, -0.2) is 25.5 Å². The Bertz CT molecular complexity index is 916. The van der Waals surface area contributed by atoms with Gasteiger partial charge < -0.3 is 5.32 Å². The first kappa shape index (κ1) is 13.8. The molecular formula is C16H14FN5O. The van der Waals surface area contributed by atoms with Crippen LogP contribution in [0.15, 0.2) is 30.7 Å². The van der Waals surface area contributed by atoms with E-state index in [1.54, 1.807) is 29.6 Å². The molecule has 0 saturated heterocycles. The van der Waals surface area contributed by atoms with E-state index in [2.05, 4.69) is 20.4 Å². The molecule has 0 atom stereocenters. The number of hydrogen-bond donors (Lipinski definition) is 1. The van der Waals surface area contributed by atoms with Crippen LogP contribution in [0.1, 0.15) is 18.5 Å². The van der Waals surface area contributed by atoms with Crippen molar-refractivity contribution in [3.8, 4) is 11.3 Å². The number of carbonyl (C=O) groups excluding carboxylic acids is 1. The van der Waals surface area contributed by atoms with Gasteiger partial charge in [0.1, 0.15) is 6.33 Å². The summed E-state index contributed by atoms with van der Waals surface area (Å²) in [5.41, 5.74) is 2.34. The lowest BCUT2D eigenvalue weighted by molar-refractivity contribution is -0.117. The molecule has 1 aliphatic carbocycles. The van der Waals surface area contributed by atoms with E-state index in [0.29, 0.717) is 22.8 Å². The fourth-order valence-electron chi connectivity index (χ4n) is 2.43. The van der Waals surface area contributed by atoms with Crippen molar-refractivity contribution in [2.75, 3.05) is 5.32 Å². The minimum absolute atomic E-state index is 0.00242. The van der Waals surface area contributed by atoms with Crippen LogP contribution in [0.3, 0.4) is 0 Å². The summed E-state index contributed by atoms with van der Waals surface area (Å²) in [4.78, 5) is 19.9. The molecule has 7 heteroatoms. The Morgan fingerprint density at radius 3 is 2.91 bits per heavy atom. The van der Waals surface area contributed by atoms with E-state index < -0.39 is 5.82 Å². The topological polar surface area (TPSA) is 72.2 Å². The van der Waals surface area contributed by atoms with Gasteiger partial charge >= 0.3 is 0 Å². The molecule has 1 N–H and O–H groups in total. The molecule has 1 amide bonds. The monoisotopic (exact) mass is 311 g/mol. The lowest BCUT2D eigenvalue weighted by atomic mass is 10.1. The fraction of sp³-hybridized carbons (Fsp3) is 0.250. The maximum absolute atomic E-state index is 13.9. The van der Waals surface area contributed by atoms with Crippen molar-refractivity contribution in [2.24, 2.45) is 5.92 Å². The number of pyridine rings is 1. The zero-order valence-corrected chi connectivity index (χ0v) is 12.5. The maximum atomic E-state index is 13.9. The van der Waals surface area contributed by atoms with Crippen molar-refractivity contribution in [1.82, 2.24) is 19.6 Å². The molecule has 116 valence electrons. The predicted octanol–water partition coefficient (Wildman–Crippen LogP) is 2.59. The summed E-state index contributed by atoms with van der Waals surface area (Å²) in [6.45, 7) is 1.80. The van der Waals surface area contributed by atoms with Crippen molar-refractivity contribution in [2.45, 2.75) is 19.8 Å². The molecule has 0 bridgehead atoms. The average Bonchev–Trinajstić information content (AvgIpc) is 3.30. The van der Waals surface area contributed by atoms with E-state index in [0.717, 1.165) is 18.4 Å². The number of aromatic nitrogens is 4. The Morgan fingerprint density at radius 2 is 2.13 bits per heavy atom. The van der Waals surface area contributed by atoms with Gasteiger partial charge in [0.05, 0.1) is 17.4 Å². The molecule has 3 aromatic rings. The number of halogens is 1. The number of anilines is 1. The quantitative estimate of drug-likeness (QED) is 0.807. The van der Waals surface area contributed by atoms with Gasteiger partial charge in [-0.15, -0.1) is 5.10 Å². The predicted molar refractivity (Wildman–Crippen MR) is 82.3 cm³/mol. The zero-order valence-electron chi connectivity index (χ0n) is 12.5. The normalized spacial score (nSPS) is 14.2. The van der Waals surface area contributed by atoms with E-state index in [1.807, 2.05) is 0 Å². The number of nitrogens with one attached hydrogen (secondary N) is 1. The van der Waals surface area contributed by atoms with Gasteiger partial charge in [-0.05, 0) is 31.9 Å². The highest BCUT2D eigenvalue weighted by Crippen LogP contribution is 2.30. The van der Waals surface area contributed by atoms with Crippen LogP contribution >= 0.6 is 0 Å². The van der Waals surface area contributed by atoms with Crippen LogP contribution in [0.4, 0.5) is 10.2 Å². The molecule has 3 heterocycles. The molecule has 1 aliphatic rings. The number of carbonyl (C=O) groups is 1. The second kappa shape index (κ2) is 5.12. The number of hydrogen-bond acceptors (Lipinski definition) is 4. The molecular weight excluding hydrogens is 297 g/mol. The summed E-state index contributed by atoms with van der Waals surface area (Å²) >= 11 is 0. The summed E-state index contributed by atoms with van der Waals surface area (Å²) < 4.78 is 15.5. The summed E-state index contributed by atoms with van der Waals surface area (Å²) in [5.74, 6) is 0.168. The first-order chi connectivity index (χ1) is 11.1. The van der Waals surface area contributed by atoms with Gasteiger partial charge in [-0.25, -0.2) is 13.9 Å². The second-order valence-corrected chi connectivity index (χ2v) is 5.74. The third-order valence-corrected chi connectivity index (χ3v) is 3.82. The van der Waals surface area contributed by atoms with Gasteiger partial charge in [0.2, 0.25) is 5.91 Å². The van der Waals surface area contributed by atoms with Crippen LogP contribution in [0, 0.1) is 18.7 Å². The first-order valence-corrected chi connectivity index (χ1v) is 7.39. The Hall–Kier alpha value is -2.83. The molecule has 0 radical (unpaired) electrons. The van der Waals surface area contributed by atoms with E-state index in [4.69, 9.17) is 0 Å². The van der Waals surface area contributed by atoms with Crippen molar-refractivity contribution in [1.29, 1.82) is 0 Å². The smallest absolute Gasteiger partial charge is 0.228 e. The minimum atomic E-state index is -0.422. The zero-order chi connectivity index (χ0) is 16.0. The first-order valence-electron chi connectivity index (χ1n) is 7.39.